The van der Waals surface area contributed by atoms with E-state index >= 15 is 0 Å². The van der Waals surface area contributed by atoms with Crippen LogP contribution in [0.25, 0.3) is 90.3 Å². The van der Waals surface area contributed by atoms with Crippen LogP contribution >= 0.6 is 0 Å². The number of hydrogen-bond donors (Lipinski definition) is 1. The fraction of sp³-hybridized carbons (Fsp3) is 0.387. The van der Waals surface area contributed by atoms with E-state index in [-0.39, 0.29) is 30.6 Å². The van der Waals surface area contributed by atoms with Crippen LogP contribution in [0, 0.1) is 41.5 Å². The van der Waals surface area contributed by atoms with Gasteiger partial charge in [-0.25, -0.2) is 19.9 Å². The first-order chi connectivity index (χ1) is 46.8. The third-order valence-corrected chi connectivity index (χ3v) is 19.6. The molecular formula is C75H78F4N8O10. The van der Waals surface area contributed by atoms with E-state index in [1.54, 1.807) is 17.0 Å². The first-order valence-corrected chi connectivity index (χ1v) is 33.2. The quantitative estimate of drug-likeness (QED) is 0.0557. The first kappa shape index (κ1) is 66.4. The third kappa shape index (κ3) is 14.0. The Kier molecular flexibility index (Phi) is 19.5. The summed E-state index contributed by atoms with van der Waals surface area (Å²) in [5.41, 5.74) is 15.8. The molecule has 18 nitrogen and oxygen atoms in total. The van der Waals surface area contributed by atoms with E-state index in [0.717, 1.165) is 135 Å². The summed E-state index contributed by atoms with van der Waals surface area (Å²) in [7, 11) is 1.35. The van der Waals surface area contributed by atoms with Crippen LogP contribution in [0.2, 0.25) is 0 Å². The summed E-state index contributed by atoms with van der Waals surface area (Å²) in [5, 5.41) is 9.63. The Labute approximate surface area is 559 Å². The second-order valence-electron chi connectivity index (χ2n) is 25.7. The number of aryl methyl sites for hydroxylation is 2. The standard InChI is InChI=1S/C38H40F2N4O5.C37H38F2N4O5/c1-22-26(10-7-12-28(22)35-41-24(3)34(48-35)21-43-15-5-6-16-43)27-11-8-13-29(23(27)2)36-42-30-18-25(32(49-38(39)40)19-33(30)47-36)20-44-17-9-14-31(44)37(45)46-4;1-21-25(9-6-11-27(21)34-40-23(3)33(47-34)20-42-14-4-5-15-42)26-10-7-12-28(22(26)2)35-41-29-17-24(19-43-16-8-13-30(43)36(44)45)31(48-37(38)39)18-32(29)46-35/h7-8,10-13,18-19,31,38H,5-6,9,14-17,20-21H2,1-4H3;6-7,9-12,17-18,30,37H,4-5,8,13-16,19-20H2,1-3H3,(H,44,45)/t31-;30-/m00/s1. The molecule has 6 aromatic carbocycles. The summed E-state index contributed by atoms with van der Waals surface area (Å²) >= 11 is 0. The maximum Gasteiger partial charge on any atom is 0.387 e. The molecule has 4 aliphatic heterocycles. The van der Waals surface area contributed by atoms with Gasteiger partial charge < -0.3 is 37.0 Å². The minimum absolute atomic E-state index is 0.0102. The maximum absolute atomic E-state index is 13.5. The topological polar surface area (TPSA) is 199 Å². The predicted octanol–water partition coefficient (Wildman–Crippen LogP) is 16.1. The van der Waals surface area contributed by atoms with Gasteiger partial charge in [-0.05, 0) is 213 Å². The first-order valence-electron chi connectivity index (χ1n) is 33.2. The lowest BCUT2D eigenvalue weighted by molar-refractivity contribution is -0.146. The molecule has 10 aromatic rings. The average Bonchev–Trinajstić information content (AvgIpc) is 1.70. The number of benzene rings is 6. The fourth-order valence-electron chi connectivity index (χ4n) is 14.3. The predicted molar refractivity (Wildman–Crippen MR) is 358 cm³/mol. The number of aromatic nitrogens is 4. The van der Waals surface area contributed by atoms with Crippen LogP contribution in [0.5, 0.6) is 11.5 Å². The number of methoxy groups -OCH3 is 1. The maximum atomic E-state index is 13.5. The van der Waals surface area contributed by atoms with Crippen molar-refractivity contribution in [3.8, 4) is 79.6 Å². The van der Waals surface area contributed by atoms with Gasteiger partial charge in [-0.1, -0.05) is 48.5 Å². The smallest absolute Gasteiger partial charge is 0.387 e. The summed E-state index contributed by atoms with van der Waals surface area (Å²) in [6, 6.07) is 29.2. The number of alkyl halides is 4. The molecule has 506 valence electrons. The summed E-state index contributed by atoms with van der Waals surface area (Å²) in [4.78, 5) is 51.8. The highest BCUT2D eigenvalue weighted by Crippen LogP contribution is 2.42. The van der Waals surface area contributed by atoms with Crippen LogP contribution in [0.15, 0.2) is 115 Å². The Hall–Kier alpha value is -9.22. The van der Waals surface area contributed by atoms with Gasteiger partial charge in [0.2, 0.25) is 23.6 Å². The second-order valence-corrected chi connectivity index (χ2v) is 25.7. The zero-order chi connectivity index (χ0) is 67.8. The summed E-state index contributed by atoms with van der Waals surface area (Å²) in [6.45, 7) is 13.5. The summed E-state index contributed by atoms with van der Waals surface area (Å²) in [6.07, 6.45) is 7.53. The molecule has 0 spiro atoms. The molecule has 2 atom stereocenters. The normalized spacial score (nSPS) is 17.2. The molecule has 0 aliphatic carbocycles. The molecule has 4 aromatic heterocycles. The third-order valence-electron chi connectivity index (χ3n) is 19.6. The molecular weight excluding hydrogens is 1250 g/mol. The number of hydrogen-bond acceptors (Lipinski definition) is 17. The lowest BCUT2D eigenvalue weighted by Gasteiger charge is -2.23. The van der Waals surface area contributed by atoms with Crippen molar-refractivity contribution >= 4 is 34.1 Å². The Balaban J connectivity index is 0.000000175. The molecule has 0 amide bonds. The number of halogens is 4. The van der Waals surface area contributed by atoms with Crippen molar-refractivity contribution in [2.24, 2.45) is 0 Å². The van der Waals surface area contributed by atoms with Crippen LogP contribution in [0.3, 0.4) is 0 Å². The zero-order valence-electron chi connectivity index (χ0n) is 55.5. The molecule has 14 rings (SSSR count). The molecule has 22 heteroatoms. The number of rotatable bonds is 20. The number of likely N-dealkylation sites (tertiary alicyclic amines) is 4. The highest BCUT2D eigenvalue weighted by Gasteiger charge is 2.34. The van der Waals surface area contributed by atoms with Crippen molar-refractivity contribution in [3.05, 3.63) is 153 Å². The molecule has 1 N–H and O–H groups in total. The van der Waals surface area contributed by atoms with Crippen molar-refractivity contribution in [1.82, 2.24) is 39.5 Å². The lowest BCUT2D eigenvalue weighted by Crippen LogP contribution is -2.36. The van der Waals surface area contributed by atoms with Crippen molar-refractivity contribution in [2.75, 3.05) is 46.4 Å². The molecule has 4 saturated heterocycles. The molecule has 0 radical (unpaired) electrons. The van der Waals surface area contributed by atoms with Gasteiger partial charge in [0.15, 0.2) is 11.2 Å². The van der Waals surface area contributed by atoms with Gasteiger partial charge in [-0.3, -0.25) is 29.2 Å². The van der Waals surface area contributed by atoms with Crippen LogP contribution in [0.1, 0.15) is 108 Å². The fourth-order valence-corrected chi connectivity index (χ4v) is 14.3. The van der Waals surface area contributed by atoms with Gasteiger partial charge in [-0.2, -0.15) is 17.6 Å². The van der Waals surface area contributed by atoms with E-state index in [4.69, 9.17) is 51.8 Å². The molecule has 0 bridgehead atoms. The van der Waals surface area contributed by atoms with Gasteiger partial charge in [0.25, 0.3) is 0 Å². The van der Waals surface area contributed by atoms with Crippen molar-refractivity contribution in [2.45, 2.75) is 144 Å². The van der Waals surface area contributed by atoms with Crippen LogP contribution < -0.4 is 9.47 Å². The number of oxazole rings is 4. The van der Waals surface area contributed by atoms with Gasteiger partial charge in [-0.15, -0.1) is 0 Å². The van der Waals surface area contributed by atoms with Gasteiger partial charge >= 0.3 is 25.2 Å². The molecule has 0 saturated carbocycles. The number of ether oxygens (including phenoxy) is 3. The highest BCUT2D eigenvalue weighted by molar-refractivity contribution is 5.86. The number of aliphatic carboxylic acids is 1. The lowest BCUT2D eigenvalue weighted by atomic mass is 9.91. The summed E-state index contributed by atoms with van der Waals surface area (Å²) < 4.78 is 93.6. The minimum Gasteiger partial charge on any atom is -0.480 e. The van der Waals surface area contributed by atoms with E-state index < -0.39 is 31.3 Å². The Bertz CT molecular complexity index is 4550. The number of carboxylic acids is 1. The number of carboxylic acid groups (broad SMARTS) is 1. The van der Waals surface area contributed by atoms with Gasteiger partial charge in [0, 0.05) is 58.6 Å². The SMILES string of the molecule is COC(=O)[C@@H]1CCCN1Cc1cc2nc(-c3cccc(-c4cccc(-c5nc(C)c(CN6CCCC6)o5)c4C)c3C)oc2cc1OC(F)F.Cc1nc(-c2cccc(-c3cccc(-c4nc5cc(CN6CCC[C@H]6C(=O)O)c(OC(F)F)cc5o4)c3C)c2C)oc1CN1CCCC1. The Morgan fingerprint density at radius 1 is 0.474 bits per heavy atom. The van der Waals surface area contributed by atoms with E-state index in [0.29, 0.717) is 89.2 Å². The zero-order valence-corrected chi connectivity index (χ0v) is 55.5. The van der Waals surface area contributed by atoms with Crippen LogP contribution in [-0.2, 0) is 40.5 Å². The molecule has 8 heterocycles. The van der Waals surface area contributed by atoms with Gasteiger partial charge in [0.1, 0.15) is 46.1 Å². The number of esters is 1. The van der Waals surface area contributed by atoms with E-state index in [1.165, 1.54) is 44.9 Å². The molecule has 4 aliphatic rings. The van der Waals surface area contributed by atoms with Gasteiger partial charge in [0.05, 0.1) is 31.6 Å². The summed E-state index contributed by atoms with van der Waals surface area (Å²) in [5.74, 6) is 2.41. The van der Waals surface area contributed by atoms with Crippen molar-refractivity contribution in [3.63, 3.8) is 0 Å². The Morgan fingerprint density at radius 3 is 1.19 bits per heavy atom. The second kappa shape index (κ2) is 28.5. The van der Waals surface area contributed by atoms with Crippen molar-refractivity contribution in [1.29, 1.82) is 0 Å². The number of carbonyl (C=O) groups excluding carboxylic acids is 1. The van der Waals surface area contributed by atoms with Crippen LogP contribution in [0.4, 0.5) is 17.6 Å². The van der Waals surface area contributed by atoms with E-state index in [1.807, 2.05) is 81.1 Å². The molecule has 4 fully saturated rings. The van der Waals surface area contributed by atoms with Crippen LogP contribution in [-0.4, -0.2) is 128 Å². The molecule has 97 heavy (non-hydrogen) atoms. The minimum atomic E-state index is -3.05. The number of nitrogens with zero attached hydrogens (tertiary/aromatic N) is 8. The largest absolute Gasteiger partial charge is 0.480 e. The Morgan fingerprint density at radius 2 is 0.825 bits per heavy atom. The van der Waals surface area contributed by atoms with Crippen molar-refractivity contribution < 1.29 is 64.1 Å². The number of fused-ring (bicyclic) bond motifs is 2. The highest BCUT2D eigenvalue weighted by atomic mass is 19.3. The number of carbonyl (C=O) groups is 2. The monoisotopic (exact) mass is 1330 g/mol. The van der Waals surface area contributed by atoms with E-state index in [2.05, 4.69) is 47.9 Å². The van der Waals surface area contributed by atoms with E-state index in [9.17, 15) is 32.3 Å². The molecule has 0 unspecified atom stereocenters. The average molecular weight is 1330 g/mol.